The topological polar surface area (TPSA) is 111 Å². The molecule has 0 atom stereocenters. The van der Waals surface area contributed by atoms with Crippen molar-refractivity contribution in [2.45, 2.75) is 11.3 Å². The number of sulfonamides is 1. The molecule has 1 saturated heterocycles. The Bertz CT molecular complexity index is 678. The van der Waals surface area contributed by atoms with E-state index in [4.69, 9.17) is 15.2 Å². The minimum atomic E-state index is -3.76. The Morgan fingerprint density at radius 1 is 1.36 bits per heavy atom. The van der Waals surface area contributed by atoms with Gasteiger partial charge in [0.1, 0.15) is 10.6 Å². The number of carbonyl (C=O) groups excluding carboxylic acids is 1. The monoisotopic (exact) mass is 393 g/mol. The summed E-state index contributed by atoms with van der Waals surface area (Å²) >= 11 is 0. The summed E-state index contributed by atoms with van der Waals surface area (Å²) < 4.78 is 37.4. The molecule has 1 aliphatic heterocycles. The number of amides is 1. The fourth-order valence-corrected chi connectivity index (χ4v) is 3.94. The molecule has 142 valence electrons. The lowest BCUT2D eigenvalue weighted by Crippen LogP contribution is -2.40. The highest BCUT2D eigenvalue weighted by Gasteiger charge is 2.30. The molecule has 0 saturated carbocycles. The van der Waals surface area contributed by atoms with E-state index in [9.17, 15) is 13.2 Å². The molecule has 3 N–H and O–H groups in total. The van der Waals surface area contributed by atoms with E-state index < -0.39 is 10.0 Å². The van der Waals surface area contributed by atoms with Crippen molar-refractivity contribution in [1.82, 2.24) is 9.62 Å². The number of ether oxygens (including phenoxy) is 2. The summed E-state index contributed by atoms with van der Waals surface area (Å²) in [6.07, 6.45) is 0.654. The maximum absolute atomic E-state index is 12.8. The van der Waals surface area contributed by atoms with Gasteiger partial charge >= 0.3 is 0 Å². The van der Waals surface area contributed by atoms with Crippen LogP contribution in [-0.4, -0.2) is 65.1 Å². The summed E-state index contributed by atoms with van der Waals surface area (Å²) in [6, 6.07) is 4.38. The van der Waals surface area contributed by atoms with E-state index in [2.05, 4.69) is 5.32 Å². The van der Waals surface area contributed by atoms with Gasteiger partial charge in [-0.3, -0.25) is 4.79 Å². The van der Waals surface area contributed by atoms with E-state index in [0.29, 0.717) is 32.7 Å². The van der Waals surface area contributed by atoms with Gasteiger partial charge in [-0.25, -0.2) is 8.42 Å². The molecule has 1 aromatic carbocycles. The maximum atomic E-state index is 12.8. The van der Waals surface area contributed by atoms with Gasteiger partial charge in [-0.2, -0.15) is 4.31 Å². The number of hydrogen-bond donors (Lipinski definition) is 2. The molecular formula is C15H24ClN3O5S. The van der Waals surface area contributed by atoms with Crippen LogP contribution in [0.15, 0.2) is 23.1 Å². The van der Waals surface area contributed by atoms with E-state index in [1.54, 1.807) is 0 Å². The van der Waals surface area contributed by atoms with Gasteiger partial charge in [-0.15, -0.1) is 12.4 Å². The Kier molecular flexibility index (Phi) is 8.60. The third kappa shape index (κ3) is 5.29. The first-order valence-corrected chi connectivity index (χ1v) is 9.19. The third-order valence-electron chi connectivity index (χ3n) is 3.68. The highest BCUT2D eigenvalue weighted by molar-refractivity contribution is 7.89. The zero-order valence-corrected chi connectivity index (χ0v) is 15.7. The molecule has 1 fully saturated rings. The lowest BCUT2D eigenvalue weighted by Gasteiger charge is -2.26. The summed E-state index contributed by atoms with van der Waals surface area (Å²) in [7, 11) is -2.36. The van der Waals surface area contributed by atoms with Crippen molar-refractivity contribution in [1.29, 1.82) is 0 Å². The molecule has 25 heavy (non-hydrogen) atoms. The van der Waals surface area contributed by atoms with E-state index >= 15 is 0 Å². The van der Waals surface area contributed by atoms with Crippen LogP contribution in [-0.2, 0) is 14.8 Å². The van der Waals surface area contributed by atoms with Gasteiger partial charge in [0.2, 0.25) is 10.0 Å². The second-order valence-corrected chi connectivity index (χ2v) is 7.19. The van der Waals surface area contributed by atoms with Crippen molar-refractivity contribution < 1.29 is 22.7 Å². The predicted molar refractivity (Wildman–Crippen MR) is 95.8 cm³/mol. The maximum Gasteiger partial charge on any atom is 0.251 e. The van der Waals surface area contributed by atoms with Gasteiger partial charge < -0.3 is 20.5 Å². The molecule has 1 heterocycles. The molecule has 1 amide bonds. The van der Waals surface area contributed by atoms with Crippen molar-refractivity contribution in [3.63, 3.8) is 0 Å². The number of morpholine rings is 1. The SMILES string of the molecule is COc1ccc(C(=O)NCCCN)cc1S(=O)(=O)N1CCOCC1.Cl. The van der Waals surface area contributed by atoms with E-state index in [0.717, 1.165) is 0 Å². The molecule has 2 rings (SSSR count). The van der Waals surface area contributed by atoms with Gasteiger partial charge in [0.15, 0.2) is 0 Å². The Hall–Kier alpha value is -1.39. The Balaban J connectivity index is 0.00000312. The molecule has 1 aromatic rings. The Labute approximate surface area is 154 Å². The van der Waals surface area contributed by atoms with Crippen molar-refractivity contribution in [2.75, 3.05) is 46.5 Å². The average molecular weight is 394 g/mol. The fraction of sp³-hybridized carbons (Fsp3) is 0.533. The lowest BCUT2D eigenvalue weighted by atomic mass is 10.2. The van der Waals surface area contributed by atoms with Crippen LogP contribution in [0.1, 0.15) is 16.8 Å². The Morgan fingerprint density at radius 3 is 2.64 bits per heavy atom. The molecule has 10 heteroatoms. The summed E-state index contributed by atoms with van der Waals surface area (Å²) in [6.45, 7) is 2.16. The minimum Gasteiger partial charge on any atom is -0.495 e. The quantitative estimate of drug-likeness (QED) is 0.641. The summed E-state index contributed by atoms with van der Waals surface area (Å²) in [5.74, 6) is -0.135. The zero-order valence-electron chi connectivity index (χ0n) is 14.1. The van der Waals surface area contributed by atoms with Gasteiger partial charge in [0, 0.05) is 25.2 Å². The van der Waals surface area contributed by atoms with Crippen molar-refractivity contribution >= 4 is 28.3 Å². The number of halogens is 1. The van der Waals surface area contributed by atoms with Crippen LogP contribution in [0.2, 0.25) is 0 Å². The zero-order chi connectivity index (χ0) is 17.6. The summed E-state index contributed by atoms with van der Waals surface area (Å²) in [5, 5.41) is 2.71. The number of rotatable bonds is 7. The fourth-order valence-electron chi connectivity index (χ4n) is 2.35. The summed E-state index contributed by atoms with van der Waals surface area (Å²) in [4.78, 5) is 12.1. The second kappa shape index (κ2) is 9.93. The number of hydrogen-bond acceptors (Lipinski definition) is 6. The van der Waals surface area contributed by atoms with Gasteiger partial charge in [-0.05, 0) is 31.2 Å². The number of nitrogens with one attached hydrogen (secondary N) is 1. The smallest absolute Gasteiger partial charge is 0.251 e. The van der Waals surface area contributed by atoms with Crippen LogP contribution < -0.4 is 15.8 Å². The van der Waals surface area contributed by atoms with Crippen LogP contribution in [0.5, 0.6) is 5.75 Å². The van der Waals surface area contributed by atoms with E-state index in [1.165, 1.54) is 29.6 Å². The second-order valence-electron chi connectivity index (χ2n) is 5.28. The van der Waals surface area contributed by atoms with Crippen LogP contribution in [0.4, 0.5) is 0 Å². The number of benzene rings is 1. The van der Waals surface area contributed by atoms with Gasteiger partial charge in [0.05, 0.1) is 20.3 Å². The lowest BCUT2D eigenvalue weighted by molar-refractivity contribution is 0.0729. The number of methoxy groups -OCH3 is 1. The summed E-state index contributed by atoms with van der Waals surface area (Å²) in [5.41, 5.74) is 5.66. The van der Waals surface area contributed by atoms with Crippen LogP contribution in [0, 0.1) is 0 Å². The van der Waals surface area contributed by atoms with E-state index in [1.807, 2.05) is 0 Å². The molecule has 0 radical (unpaired) electrons. The molecule has 0 aliphatic carbocycles. The molecule has 0 bridgehead atoms. The van der Waals surface area contributed by atoms with E-state index in [-0.39, 0.29) is 47.6 Å². The minimum absolute atomic E-state index is 0. The first-order chi connectivity index (χ1) is 11.5. The first kappa shape index (κ1) is 21.7. The van der Waals surface area contributed by atoms with Crippen LogP contribution in [0.3, 0.4) is 0 Å². The van der Waals surface area contributed by atoms with Crippen molar-refractivity contribution in [3.05, 3.63) is 23.8 Å². The highest BCUT2D eigenvalue weighted by atomic mass is 35.5. The molecule has 1 aliphatic rings. The van der Waals surface area contributed by atoms with Crippen LogP contribution >= 0.6 is 12.4 Å². The molecule has 0 aromatic heterocycles. The number of carbonyl (C=O) groups is 1. The van der Waals surface area contributed by atoms with Crippen LogP contribution in [0.25, 0.3) is 0 Å². The number of nitrogens with zero attached hydrogens (tertiary/aromatic N) is 1. The molecule has 0 unspecified atom stereocenters. The van der Waals surface area contributed by atoms with Gasteiger partial charge in [-0.1, -0.05) is 0 Å². The first-order valence-electron chi connectivity index (χ1n) is 7.75. The largest absolute Gasteiger partial charge is 0.495 e. The standard InChI is InChI=1S/C15H23N3O5S.ClH/c1-22-13-4-3-12(15(19)17-6-2-5-16)11-14(13)24(20,21)18-7-9-23-10-8-18;/h3-4,11H,2,5-10,16H2,1H3,(H,17,19);1H. The van der Waals surface area contributed by atoms with Crippen molar-refractivity contribution in [3.8, 4) is 5.75 Å². The third-order valence-corrected chi connectivity index (χ3v) is 5.60. The Morgan fingerprint density at radius 2 is 2.04 bits per heavy atom. The molecule has 8 nitrogen and oxygen atoms in total. The normalized spacial score (nSPS) is 15.3. The molecule has 0 spiro atoms. The molecular weight excluding hydrogens is 370 g/mol. The highest BCUT2D eigenvalue weighted by Crippen LogP contribution is 2.28. The average Bonchev–Trinajstić information content (AvgIpc) is 2.62. The predicted octanol–water partition coefficient (Wildman–Crippen LogP) is 0.217. The number of nitrogens with two attached hydrogens (primary N) is 1. The van der Waals surface area contributed by atoms with Gasteiger partial charge in [0.25, 0.3) is 5.91 Å². The van der Waals surface area contributed by atoms with Crippen molar-refractivity contribution in [2.24, 2.45) is 5.73 Å².